The first-order valence-corrected chi connectivity index (χ1v) is 7.81. The molecule has 104 valence electrons. The molecule has 0 aromatic heterocycles. The van der Waals surface area contributed by atoms with Gasteiger partial charge in [0, 0.05) is 11.7 Å². The van der Waals surface area contributed by atoms with Crippen LogP contribution in [0.15, 0.2) is 24.3 Å². The van der Waals surface area contributed by atoms with E-state index in [2.05, 4.69) is 57.3 Å². The predicted octanol–water partition coefficient (Wildman–Crippen LogP) is 4.88. The molecule has 3 rings (SSSR count). The van der Waals surface area contributed by atoms with Crippen molar-refractivity contribution in [3.8, 4) is 0 Å². The second-order valence-corrected chi connectivity index (χ2v) is 7.54. The molecule has 2 aliphatic carbocycles. The topological polar surface area (TPSA) is 12.0 Å². The molecule has 2 aliphatic rings. The third-order valence-corrected chi connectivity index (χ3v) is 5.94. The van der Waals surface area contributed by atoms with E-state index in [1.54, 1.807) is 0 Å². The lowest BCUT2D eigenvalue weighted by Gasteiger charge is -2.43. The molecule has 1 heteroatoms. The first kappa shape index (κ1) is 13.0. The van der Waals surface area contributed by atoms with Gasteiger partial charge in [0.05, 0.1) is 0 Å². The molecule has 19 heavy (non-hydrogen) atoms. The van der Waals surface area contributed by atoms with E-state index < -0.39 is 0 Å². The number of hydrogen-bond donors (Lipinski definition) is 1. The minimum atomic E-state index is 0.427. The van der Waals surface area contributed by atoms with Crippen LogP contribution in [-0.2, 0) is 6.42 Å². The minimum absolute atomic E-state index is 0.427. The number of aryl methyl sites for hydroxylation is 1. The molecule has 2 saturated carbocycles. The molecule has 3 atom stereocenters. The highest BCUT2D eigenvalue weighted by Crippen LogP contribution is 2.63. The molecule has 2 fully saturated rings. The van der Waals surface area contributed by atoms with Crippen LogP contribution < -0.4 is 5.32 Å². The molecule has 1 nitrogen and oxygen atoms in total. The molecule has 0 radical (unpaired) electrons. The SMILES string of the molecule is CCc1ccc(NC2C3(C)CCC(C3)C2(C)C)cc1. The smallest absolute Gasteiger partial charge is 0.0368 e. The molecular formula is C18H27N. The molecule has 1 aromatic rings. The summed E-state index contributed by atoms with van der Waals surface area (Å²) in [6, 6.07) is 9.64. The summed E-state index contributed by atoms with van der Waals surface area (Å²) >= 11 is 0. The van der Waals surface area contributed by atoms with E-state index in [1.165, 1.54) is 30.5 Å². The third kappa shape index (κ3) is 1.98. The Kier molecular flexibility index (Phi) is 2.92. The number of benzene rings is 1. The van der Waals surface area contributed by atoms with Crippen LogP contribution in [0.25, 0.3) is 0 Å². The molecule has 0 saturated heterocycles. The molecule has 2 bridgehead atoms. The maximum atomic E-state index is 3.85. The Hall–Kier alpha value is -0.980. The Morgan fingerprint density at radius 1 is 1.16 bits per heavy atom. The molecule has 1 N–H and O–H groups in total. The van der Waals surface area contributed by atoms with E-state index in [0.717, 1.165) is 12.3 Å². The third-order valence-electron chi connectivity index (χ3n) is 5.94. The maximum absolute atomic E-state index is 3.85. The largest absolute Gasteiger partial charge is 0.381 e. The lowest BCUT2D eigenvalue weighted by molar-refractivity contribution is 0.155. The van der Waals surface area contributed by atoms with Gasteiger partial charge < -0.3 is 5.32 Å². The average Bonchev–Trinajstić information content (AvgIpc) is 2.87. The van der Waals surface area contributed by atoms with E-state index in [1.807, 2.05) is 0 Å². The fraction of sp³-hybridized carbons (Fsp3) is 0.667. The average molecular weight is 257 g/mol. The highest BCUT2D eigenvalue weighted by Gasteiger charge is 2.59. The van der Waals surface area contributed by atoms with Gasteiger partial charge in [-0.15, -0.1) is 0 Å². The van der Waals surface area contributed by atoms with E-state index in [4.69, 9.17) is 0 Å². The monoisotopic (exact) mass is 257 g/mol. The van der Waals surface area contributed by atoms with Crippen molar-refractivity contribution in [2.75, 3.05) is 5.32 Å². The Morgan fingerprint density at radius 2 is 1.84 bits per heavy atom. The summed E-state index contributed by atoms with van der Waals surface area (Å²) in [5.41, 5.74) is 3.64. The summed E-state index contributed by atoms with van der Waals surface area (Å²) in [6.45, 7) is 9.61. The summed E-state index contributed by atoms with van der Waals surface area (Å²) in [6.07, 6.45) is 5.35. The van der Waals surface area contributed by atoms with E-state index in [0.29, 0.717) is 16.9 Å². The number of nitrogens with one attached hydrogen (secondary N) is 1. The van der Waals surface area contributed by atoms with Crippen LogP contribution in [-0.4, -0.2) is 6.04 Å². The predicted molar refractivity (Wildman–Crippen MR) is 82.5 cm³/mol. The van der Waals surface area contributed by atoms with Crippen molar-refractivity contribution in [3.05, 3.63) is 29.8 Å². The van der Waals surface area contributed by atoms with Crippen molar-refractivity contribution in [2.24, 2.45) is 16.7 Å². The zero-order valence-corrected chi connectivity index (χ0v) is 12.8. The van der Waals surface area contributed by atoms with Crippen molar-refractivity contribution < 1.29 is 0 Å². The maximum Gasteiger partial charge on any atom is 0.0368 e. The second-order valence-electron chi connectivity index (χ2n) is 7.54. The highest BCUT2D eigenvalue weighted by atomic mass is 15.0. The quantitative estimate of drug-likeness (QED) is 0.814. The van der Waals surface area contributed by atoms with E-state index in [-0.39, 0.29) is 0 Å². The number of anilines is 1. The normalized spacial score (nSPS) is 35.6. The molecular weight excluding hydrogens is 230 g/mol. The number of rotatable bonds is 3. The first-order chi connectivity index (χ1) is 8.95. The summed E-state index contributed by atoms with van der Waals surface area (Å²) in [4.78, 5) is 0. The number of hydrogen-bond acceptors (Lipinski definition) is 1. The Labute approximate surface area is 117 Å². The Bertz CT molecular complexity index is 454. The second kappa shape index (κ2) is 4.26. The van der Waals surface area contributed by atoms with Gasteiger partial charge >= 0.3 is 0 Å². The van der Waals surface area contributed by atoms with Crippen molar-refractivity contribution in [2.45, 2.75) is 59.4 Å². The van der Waals surface area contributed by atoms with Gasteiger partial charge in [0.25, 0.3) is 0 Å². The van der Waals surface area contributed by atoms with Crippen LogP contribution in [0, 0.1) is 16.7 Å². The molecule has 3 unspecified atom stereocenters. The van der Waals surface area contributed by atoms with Gasteiger partial charge in [0.1, 0.15) is 0 Å². The van der Waals surface area contributed by atoms with Gasteiger partial charge in [0.2, 0.25) is 0 Å². The summed E-state index contributed by atoms with van der Waals surface area (Å²) in [5.74, 6) is 0.907. The fourth-order valence-corrected chi connectivity index (χ4v) is 4.67. The van der Waals surface area contributed by atoms with Crippen molar-refractivity contribution in [3.63, 3.8) is 0 Å². The van der Waals surface area contributed by atoms with Gasteiger partial charge in [0.15, 0.2) is 0 Å². The molecule has 0 amide bonds. The van der Waals surface area contributed by atoms with Crippen LogP contribution in [0.2, 0.25) is 0 Å². The van der Waals surface area contributed by atoms with Crippen LogP contribution >= 0.6 is 0 Å². The van der Waals surface area contributed by atoms with Crippen LogP contribution in [0.1, 0.15) is 52.5 Å². The van der Waals surface area contributed by atoms with Crippen LogP contribution in [0.3, 0.4) is 0 Å². The summed E-state index contributed by atoms with van der Waals surface area (Å²) in [5, 5.41) is 3.85. The van der Waals surface area contributed by atoms with Gasteiger partial charge in [-0.3, -0.25) is 0 Å². The van der Waals surface area contributed by atoms with Gasteiger partial charge in [-0.25, -0.2) is 0 Å². The Balaban J connectivity index is 1.82. The standard InChI is InChI=1S/C18H27N/c1-5-13-6-8-15(9-7-13)19-16-17(2,3)14-10-11-18(16,4)12-14/h6-9,14,16,19H,5,10-12H2,1-4H3. The minimum Gasteiger partial charge on any atom is -0.381 e. The van der Waals surface area contributed by atoms with Crippen molar-refractivity contribution >= 4 is 5.69 Å². The van der Waals surface area contributed by atoms with E-state index >= 15 is 0 Å². The van der Waals surface area contributed by atoms with Crippen LogP contribution in [0.5, 0.6) is 0 Å². The summed E-state index contributed by atoms with van der Waals surface area (Å²) in [7, 11) is 0. The zero-order chi connectivity index (χ0) is 13.7. The lowest BCUT2D eigenvalue weighted by atomic mass is 9.68. The molecule has 0 spiro atoms. The van der Waals surface area contributed by atoms with Crippen LogP contribution in [0.4, 0.5) is 5.69 Å². The fourth-order valence-electron chi connectivity index (χ4n) is 4.67. The van der Waals surface area contributed by atoms with E-state index in [9.17, 15) is 0 Å². The highest BCUT2D eigenvalue weighted by molar-refractivity contribution is 5.47. The Morgan fingerprint density at radius 3 is 2.37 bits per heavy atom. The number of fused-ring (bicyclic) bond motifs is 2. The van der Waals surface area contributed by atoms with Gasteiger partial charge in [-0.1, -0.05) is 39.8 Å². The molecule has 0 heterocycles. The van der Waals surface area contributed by atoms with Crippen molar-refractivity contribution in [1.29, 1.82) is 0 Å². The van der Waals surface area contributed by atoms with Crippen molar-refractivity contribution in [1.82, 2.24) is 0 Å². The van der Waals surface area contributed by atoms with Gasteiger partial charge in [-0.2, -0.15) is 0 Å². The van der Waals surface area contributed by atoms with Gasteiger partial charge in [-0.05, 0) is 60.1 Å². The zero-order valence-electron chi connectivity index (χ0n) is 12.8. The molecule has 0 aliphatic heterocycles. The lowest BCUT2D eigenvalue weighted by Crippen LogP contribution is -2.45. The first-order valence-electron chi connectivity index (χ1n) is 7.81. The summed E-state index contributed by atoms with van der Waals surface area (Å²) < 4.78 is 0. The molecule has 1 aromatic carbocycles.